The number of carbonyl (C=O) groups excluding carboxylic acids is 2. The molecule has 0 saturated carbocycles. The minimum atomic E-state index is 0.0210. The normalized spacial score (nSPS) is 15.7. The van der Waals surface area contributed by atoms with Gasteiger partial charge >= 0.3 is 0 Å². The maximum atomic E-state index is 12.1. The molecule has 0 bridgehead atoms. The van der Waals surface area contributed by atoms with Crippen molar-refractivity contribution in [3.63, 3.8) is 0 Å². The Balaban J connectivity index is 2.42. The smallest absolute Gasteiger partial charge is 0.231 e. The quantitative estimate of drug-likeness (QED) is 0.838. The van der Waals surface area contributed by atoms with E-state index in [1.807, 2.05) is 19.1 Å². The van der Waals surface area contributed by atoms with Crippen LogP contribution in [-0.2, 0) is 9.59 Å². The van der Waals surface area contributed by atoms with E-state index in [9.17, 15) is 9.59 Å². The summed E-state index contributed by atoms with van der Waals surface area (Å²) in [5.41, 5.74) is 2.23. The molecule has 0 spiro atoms. The van der Waals surface area contributed by atoms with E-state index in [1.54, 1.807) is 31.1 Å². The van der Waals surface area contributed by atoms with E-state index in [0.717, 1.165) is 22.7 Å². The molecule has 0 fully saturated rings. The summed E-state index contributed by atoms with van der Waals surface area (Å²) in [6.07, 6.45) is 0.908. The standard InChI is InChI=1S/C15H17NO3/c1-10-14(11(2)17)8-9-15(18)16(10)12-4-6-13(19-3)7-5-12/h4-7H,8-9H2,1-3H3. The Hall–Kier alpha value is -2.10. The Morgan fingerprint density at radius 3 is 2.37 bits per heavy atom. The van der Waals surface area contributed by atoms with E-state index < -0.39 is 0 Å². The minimum Gasteiger partial charge on any atom is -0.497 e. The second-order valence-electron chi connectivity index (χ2n) is 4.55. The van der Waals surface area contributed by atoms with E-state index in [-0.39, 0.29) is 11.7 Å². The van der Waals surface area contributed by atoms with Gasteiger partial charge < -0.3 is 4.74 Å². The third-order valence-corrected chi connectivity index (χ3v) is 3.37. The monoisotopic (exact) mass is 259 g/mol. The van der Waals surface area contributed by atoms with Gasteiger partial charge in [-0.05, 0) is 44.5 Å². The molecular weight excluding hydrogens is 242 g/mol. The Bertz CT molecular complexity index is 543. The van der Waals surface area contributed by atoms with Gasteiger partial charge in [-0.3, -0.25) is 14.5 Å². The van der Waals surface area contributed by atoms with Crippen molar-refractivity contribution in [2.75, 3.05) is 12.0 Å². The molecule has 100 valence electrons. The van der Waals surface area contributed by atoms with Gasteiger partial charge in [0.2, 0.25) is 5.91 Å². The van der Waals surface area contributed by atoms with Crippen molar-refractivity contribution in [1.82, 2.24) is 0 Å². The first-order valence-corrected chi connectivity index (χ1v) is 6.22. The number of carbonyl (C=O) groups is 2. The average Bonchev–Trinajstić information content (AvgIpc) is 2.39. The molecule has 0 saturated heterocycles. The van der Waals surface area contributed by atoms with Gasteiger partial charge in [0.25, 0.3) is 0 Å². The summed E-state index contributed by atoms with van der Waals surface area (Å²) < 4.78 is 5.10. The third-order valence-electron chi connectivity index (χ3n) is 3.37. The molecular formula is C15H17NO3. The number of ketones is 1. The minimum absolute atomic E-state index is 0.0210. The van der Waals surface area contributed by atoms with Gasteiger partial charge in [-0.1, -0.05) is 0 Å². The maximum absolute atomic E-state index is 12.1. The average molecular weight is 259 g/mol. The van der Waals surface area contributed by atoms with E-state index >= 15 is 0 Å². The Morgan fingerprint density at radius 2 is 1.84 bits per heavy atom. The molecule has 0 N–H and O–H groups in total. The molecule has 19 heavy (non-hydrogen) atoms. The number of hydrogen-bond donors (Lipinski definition) is 0. The van der Waals surface area contributed by atoms with Crippen LogP contribution in [-0.4, -0.2) is 18.8 Å². The van der Waals surface area contributed by atoms with Gasteiger partial charge in [0, 0.05) is 23.4 Å². The predicted molar refractivity (Wildman–Crippen MR) is 73.1 cm³/mol. The SMILES string of the molecule is COc1ccc(N2C(=O)CCC(C(C)=O)=C2C)cc1. The summed E-state index contributed by atoms with van der Waals surface area (Å²) in [6.45, 7) is 3.36. The largest absolute Gasteiger partial charge is 0.497 e. The number of ether oxygens (including phenoxy) is 1. The first kappa shape index (κ1) is 13.3. The van der Waals surface area contributed by atoms with Gasteiger partial charge in [-0.2, -0.15) is 0 Å². The highest BCUT2D eigenvalue weighted by Crippen LogP contribution is 2.30. The van der Waals surface area contributed by atoms with Crippen LogP contribution < -0.4 is 9.64 Å². The lowest BCUT2D eigenvalue weighted by molar-refractivity contribution is -0.118. The van der Waals surface area contributed by atoms with Crippen molar-refractivity contribution in [2.45, 2.75) is 26.7 Å². The highest BCUT2D eigenvalue weighted by Gasteiger charge is 2.26. The first-order valence-electron chi connectivity index (χ1n) is 6.22. The van der Waals surface area contributed by atoms with Crippen LogP contribution in [0.15, 0.2) is 35.5 Å². The molecule has 0 aromatic heterocycles. The molecule has 1 aromatic rings. The predicted octanol–water partition coefficient (Wildman–Crippen LogP) is 2.69. The van der Waals surface area contributed by atoms with Crippen molar-refractivity contribution in [1.29, 1.82) is 0 Å². The maximum Gasteiger partial charge on any atom is 0.231 e. The lowest BCUT2D eigenvalue weighted by atomic mass is 9.98. The summed E-state index contributed by atoms with van der Waals surface area (Å²) in [7, 11) is 1.60. The van der Waals surface area contributed by atoms with Crippen LogP contribution >= 0.6 is 0 Å². The number of nitrogens with zero attached hydrogens (tertiary/aromatic N) is 1. The van der Waals surface area contributed by atoms with E-state index in [0.29, 0.717) is 12.8 Å². The molecule has 1 aliphatic heterocycles. The summed E-state index contributed by atoms with van der Waals surface area (Å²) in [5.74, 6) is 0.790. The van der Waals surface area contributed by atoms with E-state index in [4.69, 9.17) is 4.74 Å². The van der Waals surface area contributed by atoms with Gasteiger partial charge in [0.15, 0.2) is 5.78 Å². The number of hydrogen-bond acceptors (Lipinski definition) is 3. The lowest BCUT2D eigenvalue weighted by Crippen LogP contribution is -2.34. The second kappa shape index (κ2) is 5.26. The zero-order valence-electron chi connectivity index (χ0n) is 11.4. The van der Waals surface area contributed by atoms with Crippen LogP contribution in [0.3, 0.4) is 0 Å². The van der Waals surface area contributed by atoms with Crippen molar-refractivity contribution < 1.29 is 14.3 Å². The number of anilines is 1. The van der Waals surface area contributed by atoms with Crippen LogP contribution in [0.1, 0.15) is 26.7 Å². The lowest BCUT2D eigenvalue weighted by Gasteiger charge is -2.29. The highest BCUT2D eigenvalue weighted by molar-refractivity contribution is 6.04. The van der Waals surface area contributed by atoms with Crippen LogP contribution in [0.4, 0.5) is 5.69 Å². The van der Waals surface area contributed by atoms with Crippen molar-refractivity contribution in [2.24, 2.45) is 0 Å². The van der Waals surface area contributed by atoms with Gasteiger partial charge in [-0.25, -0.2) is 0 Å². The molecule has 4 nitrogen and oxygen atoms in total. The number of benzene rings is 1. The molecule has 1 aliphatic rings. The fraction of sp³-hybridized carbons (Fsp3) is 0.333. The number of amides is 1. The number of Topliss-reactive ketones (excluding diaryl/α,β-unsaturated/α-hetero) is 1. The number of allylic oxidation sites excluding steroid dienone is 2. The Kier molecular flexibility index (Phi) is 3.69. The van der Waals surface area contributed by atoms with Crippen LogP contribution in [0, 0.1) is 0 Å². The zero-order chi connectivity index (χ0) is 14.0. The summed E-state index contributed by atoms with van der Waals surface area (Å²) in [5, 5.41) is 0. The third kappa shape index (κ3) is 2.52. The molecule has 2 rings (SSSR count). The Morgan fingerprint density at radius 1 is 1.21 bits per heavy atom. The second-order valence-corrected chi connectivity index (χ2v) is 4.55. The molecule has 0 aliphatic carbocycles. The summed E-state index contributed by atoms with van der Waals surface area (Å²) in [6, 6.07) is 7.25. The molecule has 4 heteroatoms. The number of methoxy groups -OCH3 is 1. The first-order chi connectivity index (χ1) is 9.04. The molecule has 1 heterocycles. The van der Waals surface area contributed by atoms with Gasteiger partial charge in [0.05, 0.1) is 7.11 Å². The molecule has 1 aromatic carbocycles. The molecule has 0 radical (unpaired) electrons. The highest BCUT2D eigenvalue weighted by atomic mass is 16.5. The molecule has 0 unspecified atom stereocenters. The molecule has 1 amide bonds. The fourth-order valence-electron chi connectivity index (χ4n) is 2.35. The van der Waals surface area contributed by atoms with Crippen LogP contribution in [0.2, 0.25) is 0 Å². The van der Waals surface area contributed by atoms with Crippen molar-refractivity contribution in [3.8, 4) is 5.75 Å². The topological polar surface area (TPSA) is 46.6 Å². The fourth-order valence-corrected chi connectivity index (χ4v) is 2.35. The number of rotatable bonds is 3. The van der Waals surface area contributed by atoms with Crippen LogP contribution in [0.5, 0.6) is 5.75 Å². The van der Waals surface area contributed by atoms with Gasteiger partial charge in [-0.15, -0.1) is 0 Å². The Labute approximate surface area is 112 Å². The van der Waals surface area contributed by atoms with Crippen molar-refractivity contribution >= 4 is 17.4 Å². The zero-order valence-corrected chi connectivity index (χ0v) is 11.4. The van der Waals surface area contributed by atoms with Gasteiger partial charge in [0.1, 0.15) is 5.75 Å². The summed E-state index contributed by atoms with van der Waals surface area (Å²) in [4.78, 5) is 25.3. The van der Waals surface area contributed by atoms with E-state index in [2.05, 4.69) is 0 Å². The van der Waals surface area contributed by atoms with Crippen molar-refractivity contribution in [3.05, 3.63) is 35.5 Å². The molecule has 0 atom stereocenters. The van der Waals surface area contributed by atoms with Crippen LogP contribution in [0.25, 0.3) is 0 Å². The van der Waals surface area contributed by atoms with E-state index in [1.165, 1.54) is 0 Å². The summed E-state index contributed by atoms with van der Waals surface area (Å²) >= 11 is 0.